The quantitative estimate of drug-likeness (QED) is 0.376. The number of ketones is 1. The van der Waals surface area contributed by atoms with Crippen LogP contribution >= 0.6 is 11.6 Å². The van der Waals surface area contributed by atoms with E-state index in [2.05, 4.69) is 87.1 Å². The van der Waals surface area contributed by atoms with Gasteiger partial charge in [-0.15, -0.1) is 11.6 Å². The maximum absolute atomic E-state index is 13.0. The van der Waals surface area contributed by atoms with Crippen LogP contribution in [0.2, 0.25) is 39.3 Å². The van der Waals surface area contributed by atoms with Gasteiger partial charge in [0.1, 0.15) is 0 Å². The Morgan fingerprint density at radius 1 is 0.963 bits per heavy atom. The van der Waals surface area contributed by atoms with E-state index in [0.29, 0.717) is 6.42 Å². The molecule has 1 aliphatic carbocycles. The van der Waals surface area contributed by atoms with Gasteiger partial charge in [-0.25, -0.2) is 0 Å². The van der Waals surface area contributed by atoms with Crippen molar-refractivity contribution < 1.29 is 4.79 Å². The normalized spacial score (nSPS) is 25.0. The lowest BCUT2D eigenvalue weighted by atomic mass is 9.71. The Balaban J connectivity index is 2.72. The molecule has 0 amide bonds. The van der Waals surface area contributed by atoms with Crippen molar-refractivity contribution in [3.8, 4) is 0 Å². The summed E-state index contributed by atoms with van der Waals surface area (Å²) in [4.78, 5) is 12.4. The largest absolute Gasteiger partial charge is 0.294 e. The molecule has 0 aliphatic heterocycles. The topological polar surface area (TPSA) is 17.1 Å². The molecular formula is C23H33ClOSi2. The van der Waals surface area contributed by atoms with Crippen LogP contribution in [0.1, 0.15) is 24.8 Å². The number of hydrogen-bond donors (Lipinski definition) is 0. The van der Waals surface area contributed by atoms with E-state index in [0.717, 1.165) is 11.1 Å². The second kappa shape index (κ2) is 8.06. The fraction of sp³-hybridized carbons (Fsp3) is 0.435. The predicted octanol–water partition coefficient (Wildman–Crippen LogP) is 6.90. The van der Waals surface area contributed by atoms with Crippen LogP contribution in [0.25, 0.3) is 0 Å². The minimum atomic E-state index is -1.41. The summed E-state index contributed by atoms with van der Waals surface area (Å²) in [7, 11) is -2.83. The van der Waals surface area contributed by atoms with Crippen molar-refractivity contribution in [1.82, 2.24) is 0 Å². The molecule has 1 aliphatic rings. The summed E-state index contributed by atoms with van der Waals surface area (Å²) in [5, 5.41) is 0. The summed E-state index contributed by atoms with van der Waals surface area (Å²) < 4.78 is 0. The fourth-order valence-corrected chi connectivity index (χ4v) is 5.08. The molecule has 1 aromatic carbocycles. The lowest BCUT2D eigenvalue weighted by Crippen LogP contribution is -2.36. The lowest BCUT2D eigenvalue weighted by Gasteiger charge is -2.38. The van der Waals surface area contributed by atoms with E-state index in [4.69, 9.17) is 11.6 Å². The van der Waals surface area contributed by atoms with Gasteiger partial charge in [-0.1, -0.05) is 93.2 Å². The molecule has 0 heterocycles. The zero-order valence-electron chi connectivity index (χ0n) is 17.8. The van der Waals surface area contributed by atoms with Crippen molar-refractivity contribution in [1.29, 1.82) is 0 Å². The number of carbonyl (C=O) groups excluding carboxylic acids is 1. The molecule has 0 aromatic heterocycles. The second-order valence-corrected chi connectivity index (χ2v) is 21.0. The average molecular weight is 417 g/mol. The van der Waals surface area contributed by atoms with Crippen molar-refractivity contribution >= 4 is 33.5 Å². The molecule has 2 rings (SSSR count). The van der Waals surface area contributed by atoms with Gasteiger partial charge < -0.3 is 0 Å². The second-order valence-electron chi connectivity index (χ2n) is 9.99. The van der Waals surface area contributed by atoms with Crippen molar-refractivity contribution in [2.24, 2.45) is 0 Å². The molecule has 0 saturated carbocycles. The third-order valence-corrected chi connectivity index (χ3v) is 7.36. The molecule has 1 aromatic rings. The van der Waals surface area contributed by atoms with Crippen LogP contribution in [0.5, 0.6) is 0 Å². The first-order valence-electron chi connectivity index (χ1n) is 9.70. The Morgan fingerprint density at radius 3 is 2.00 bits per heavy atom. The van der Waals surface area contributed by atoms with Crippen LogP contribution in [-0.2, 0) is 4.79 Å². The molecule has 2 unspecified atom stereocenters. The number of alkyl halides is 1. The van der Waals surface area contributed by atoms with Gasteiger partial charge in [0.2, 0.25) is 0 Å². The van der Waals surface area contributed by atoms with Crippen LogP contribution in [0.15, 0.2) is 65.0 Å². The number of benzene rings is 1. The van der Waals surface area contributed by atoms with Crippen molar-refractivity contribution in [3.05, 3.63) is 70.6 Å². The van der Waals surface area contributed by atoms with E-state index >= 15 is 0 Å². The standard InChI is InChI=1S/C23H33ClOSi2/c1-23(24)17-21(25)19(13-15-26(2,3)4)20(14-16-27(5,6)7)22(23)18-11-9-8-10-12-18/h8-16,22H,17H2,1-7H3/b15-13+,16-14+. The lowest BCUT2D eigenvalue weighted by molar-refractivity contribution is -0.116. The van der Waals surface area contributed by atoms with Crippen molar-refractivity contribution in [2.45, 2.75) is 63.4 Å². The number of hydrogen-bond acceptors (Lipinski definition) is 1. The van der Waals surface area contributed by atoms with Gasteiger partial charge in [0.25, 0.3) is 0 Å². The first-order chi connectivity index (χ1) is 12.3. The number of carbonyl (C=O) groups is 1. The third kappa shape index (κ3) is 6.16. The maximum Gasteiger partial charge on any atom is 0.164 e. The number of halogens is 1. The average Bonchev–Trinajstić information content (AvgIpc) is 2.50. The molecule has 0 N–H and O–H groups in total. The van der Waals surface area contributed by atoms with Gasteiger partial charge in [-0.3, -0.25) is 4.79 Å². The van der Waals surface area contributed by atoms with E-state index in [1.54, 1.807) is 0 Å². The van der Waals surface area contributed by atoms with E-state index in [-0.39, 0.29) is 11.7 Å². The molecule has 0 bridgehead atoms. The summed E-state index contributed by atoms with van der Waals surface area (Å²) in [6.45, 7) is 15.8. The summed E-state index contributed by atoms with van der Waals surface area (Å²) in [6.07, 6.45) is 4.65. The Bertz CT molecular complexity index is 775. The Kier molecular flexibility index (Phi) is 6.61. The molecule has 4 heteroatoms. The fourth-order valence-electron chi connectivity index (χ4n) is 3.37. The summed E-state index contributed by atoms with van der Waals surface area (Å²) in [5.41, 5.74) is 7.69. The van der Waals surface area contributed by atoms with E-state index in [9.17, 15) is 4.79 Å². The van der Waals surface area contributed by atoms with Gasteiger partial charge in [0.05, 0.1) is 21.0 Å². The van der Waals surface area contributed by atoms with Crippen molar-refractivity contribution in [3.63, 3.8) is 0 Å². The maximum atomic E-state index is 13.0. The first kappa shape index (κ1) is 22.1. The highest BCUT2D eigenvalue weighted by molar-refractivity contribution is 6.81. The molecule has 27 heavy (non-hydrogen) atoms. The monoisotopic (exact) mass is 416 g/mol. The summed E-state index contributed by atoms with van der Waals surface area (Å²) in [6, 6.07) is 10.4. The van der Waals surface area contributed by atoms with Gasteiger partial charge >= 0.3 is 0 Å². The highest BCUT2D eigenvalue weighted by Gasteiger charge is 2.43. The molecule has 0 radical (unpaired) electrons. The Labute approximate surface area is 172 Å². The predicted molar refractivity (Wildman–Crippen MR) is 125 cm³/mol. The molecular weight excluding hydrogens is 384 g/mol. The molecule has 0 saturated heterocycles. The molecule has 0 spiro atoms. The number of rotatable bonds is 5. The minimum absolute atomic E-state index is 0.00644. The van der Waals surface area contributed by atoms with Gasteiger partial charge in [-0.2, -0.15) is 0 Å². The summed E-state index contributed by atoms with van der Waals surface area (Å²) >= 11 is 6.97. The van der Waals surface area contributed by atoms with Crippen LogP contribution in [0, 0.1) is 0 Å². The van der Waals surface area contributed by atoms with Crippen molar-refractivity contribution in [2.75, 3.05) is 0 Å². The van der Waals surface area contributed by atoms with Gasteiger partial charge in [-0.05, 0) is 18.1 Å². The van der Waals surface area contributed by atoms with Crippen LogP contribution in [0.4, 0.5) is 0 Å². The molecule has 2 atom stereocenters. The van der Waals surface area contributed by atoms with Gasteiger partial charge in [0, 0.05) is 17.9 Å². The van der Waals surface area contributed by atoms with E-state index < -0.39 is 21.0 Å². The summed E-state index contributed by atoms with van der Waals surface area (Å²) in [5.74, 6) is 0.163. The highest BCUT2D eigenvalue weighted by atomic mass is 35.5. The minimum Gasteiger partial charge on any atom is -0.294 e. The van der Waals surface area contributed by atoms with Crippen LogP contribution in [-0.4, -0.2) is 26.8 Å². The van der Waals surface area contributed by atoms with Gasteiger partial charge in [0.15, 0.2) is 5.78 Å². The number of Topliss-reactive ketones (excluding diaryl/α,β-unsaturated/α-hetero) is 1. The van der Waals surface area contributed by atoms with E-state index in [1.165, 1.54) is 5.56 Å². The number of allylic oxidation sites excluding steroid dienone is 4. The highest BCUT2D eigenvalue weighted by Crippen LogP contribution is 2.47. The van der Waals surface area contributed by atoms with Crippen LogP contribution in [0.3, 0.4) is 0 Å². The van der Waals surface area contributed by atoms with Crippen LogP contribution < -0.4 is 0 Å². The molecule has 0 fully saturated rings. The Morgan fingerprint density at radius 2 is 1.48 bits per heavy atom. The SMILES string of the molecule is CC1(Cl)CC(=O)C(/C=C/[Si](C)(C)C)=C(/C=C/[Si](C)(C)C)C1c1ccccc1. The smallest absolute Gasteiger partial charge is 0.164 e. The first-order valence-corrected chi connectivity index (χ1v) is 17.2. The third-order valence-electron chi connectivity index (χ3n) is 4.68. The molecule has 1 nitrogen and oxygen atoms in total. The molecule has 146 valence electrons. The zero-order valence-corrected chi connectivity index (χ0v) is 20.5. The van der Waals surface area contributed by atoms with E-state index in [1.807, 2.05) is 13.0 Å². The Hall–Kier alpha value is -1.17. The zero-order chi connectivity index (χ0) is 20.5.